The van der Waals surface area contributed by atoms with E-state index < -0.39 is 12.1 Å². The smallest absolute Gasteiger partial charge is 0.459 e. The number of hydrogen-bond acceptors (Lipinski definition) is 4. The number of benzene rings is 1. The largest absolute Gasteiger partial charge is 0.490 e. The van der Waals surface area contributed by atoms with Crippen molar-refractivity contribution in [1.29, 1.82) is 0 Å². The minimum absolute atomic E-state index is 0.194. The Bertz CT molecular complexity index is 582. The van der Waals surface area contributed by atoms with Crippen LogP contribution in [0.3, 0.4) is 0 Å². The molecule has 0 radical (unpaired) electrons. The van der Waals surface area contributed by atoms with Crippen molar-refractivity contribution in [3.8, 4) is 0 Å². The molecule has 2 rings (SSSR count). The van der Waals surface area contributed by atoms with E-state index in [9.17, 15) is 18.0 Å². The van der Waals surface area contributed by atoms with Crippen LogP contribution in [0.25, 0.3) is 0 Å². The van der Waals surface area contributed by atoms with Crippen molar-refractivity contribution >= 4 is 5.97 Å². The SMILES string of the molecule is O=C(OCCCC(c1ccccc1)c1ncco1)C(F)(F)F. The molecule has 0 fully saturated rings. The first-order valence-corrected chi connectivity index (χ1v) is 6.67. The van der Waals surface area contributed by atoms with E-state index in [1.165, 1.54) is 12.5 Å². The van der Waals surface area contributed by atoms with Crippen LogP contribution in [0, 0.1) is 0 Å². The van der Waals surface area contributed by atoms with Crippen LogP contribution in [0.2, 0.25) is 0 Å². The Morgan fingerprint density at radius 1 is 1.27 bits per heavy atom. The molecule has 1 atom stereocenters. The Balaban J connectivity index is 1.93. The molecule has 2 aromatic rings. The minimum atomic E-state index is -4.96. The second kappa shape index (κ2) is 7.11. The fourth-order valence-corrected chi connectivity index (χ4v) is 2.06. The summed E-state index contributed by atoms with van der Waals surface area (Å²) in [5.74, 6) is -1.88. The molecule has 22 heavy (non-hydrogen) atoms. The van der Waals surface area contributed by atoms with Crippen molar-refractivity contribution in [3.05, 3.63) is 54.2 Å². The molecule has 4 nitrogen and oxygen atoms in total. The lowest BCUT2D eigenvalue weighted by Crippen LogP contribution is -2.25. The third-order valence-corrected chi connectivity index (χ3v) is 3.05. The van der Waals surface area contributed by atoms with Gasteiger partial charge in [-0.1, -0.05) is 30.3 Å². The highest BCUT2D eigenvalue weighted by Crippen LogP contribution is 2.28. The molecule has 0 saturated carbocycles. The Kier molecular flexibility index (Phi) is 5.19. The summed E-state index contributed by atoms with van der Waals surface area (Å²) in [4.78, 5) is 14.7. The molecule has 0 spiro atoms. The van der Waals surface area contributed by atoms with Gasteiger partial charge in [0.1, 0.15) is 6.26 Å². The first-order valence-electron chi connectivity index (χ1n) is 6.67. The van der Waals surface area contributed by atoms with Crippen LogP contribution in [0.1, 0.15) is 30.2 Å². The number of ether oxygens (including phenoxy) is 1. The quantitative estimate of drug-likeness (QED) is 0.603. The van der Waals surface area contributed by atoms with Gasteiger partial charge in [-0.3, -0.25) is 0 Å². The lowest BCUT2D eigenvalue weighted by atomic mass is 9.94. The van der Waals surface area contributed by atoms with Crippen molar-refractivity contribution in [2.24, 2.45) is 0 Å². The predicted molar refractivity (Wildman–Crippen MR) is 71.0 cm³/mol. The molecule has 0 N–H and O–H groups in total. The highest BCUT2D eigenvalue weighted by atomic mass is 19.4. The highest BCUT2D eigenvalue weighted by Gasteiger charge is 2.40. The van der Waals surface area contributed by atoms with Crippen molar-refractivity contribution in [2.75, 3.05) is 6.61 Å². The van der Waals surface area contributed by atoms with E-state index in [0.717, 1.165) is 5.56 Å². The van der Waals surface area contributed by atoms with Gasteiger partial charge >= 0.3 is 12.1 Å². The van der Waals surface area contributed by atoms with Gasteiger partial charge in [0.05, 0.1) is 18.7 Å². The highest BCUT2D eigenvalue weighted by molar-refractivity contribution is 5.75. The summed E-state index contributed by atoms with van der Waals surface area (Å²) < 4.78 is 45.5. The van der Waals surface area contributed by atoms with E-state index in [2.05, 4.69) is 9.72 Å². The van der Waals surface area contributed by atoms with Crippen molar-refractivity contribution in [1.82, 2.24) is 4.98 Å². The summed E-state index contributed by atoms with van der Waals surface area (Å²) in [6.45, 7) is -0.303. The first-order chi connectivity index (χ1) is 10.5. The van der Waals surface area contributed by atoms with E-state index >= 15 is 0 Å². The normalized spacial score (nSPS) is 12.9. The molecule has 0 aliphatic rings. The summed E-state index contributed by atoms with van der Waals surface area (Å²) in [6, 6.07) is 9.35. The van der Waals surface area contributed by atoms with Crippen LogP contribution >= 0.6 is 0 Å². The molecular weight excluding hydrogens is 299 g/mol. The fraction of sp³-hybridized carbons (Fsp3) is 0.333. The Labute approximate surface area is 124 Å². The fourth-order valence-electron chi connectivity index (χ4n) is 2.06. The second-order valence-corrected chi connectivity index (χ2v) is 4.61. The maximum absolute atomic E-state index is 12.0. The molecule has 7 heteroatoms. The Morgan fingerprint density at radius 2 is 2.00 bits per heavy atom. The molecule has 0 saturated heterocycles. The molecule has 0 aliphatic heterocycles. The van der Waals surface area contributed by atoms with Gasteiger partial charge in [0.25, 0.3) is 0 Å². The Hall–Kier alpha value is -2.31. The Morgan fingerprint density at radius 3 is 2.59 bits per heavy atom. The van der Waals surface area contributed by atoms with Gasteiger partial charge in [-0.25, -0.2) is 9.78 Å². The van der Waals surface area contributed by atoms with Crippen LogP contribution < -0.4 is 0 Å². The molecule has 0 amide bonds. The van der Waals surface area contributed by atoms with Gasteiger partial charge in [0.15, 0.2) is 0 Å². The zero-order chi connectivity index (χ0) is 16.0. The van der Waals surface area contributed by atoms with Gasteiger partial charge in [0, 0.05) is 0 Å². The monoisotopic (exact) mass is 313 g/mol. The van der Waals surface area contributed by atoms with E-state index in [1.54, 1.807) is 0 Å². The lowest BCUT2D eigenvalue weighted by molar-refractivity contribution is -0.199. The average Bonchev–Trinajstić information content (AvgIpc) is 3.01. The standard InChI is InChI=1S/C15H14F3NO3/c16-15(17,18)14(20)22-9-4-7-12(13-19-8-10-21-13)11-5-2-1-3-6-11/h1-3,5-6,8,10,12H,4,7,9H2. The average molecular weight is 313 g/mol. The third-order valence-electron chi connectivity index (χ3n) is 3.05. The zero-order valence-electron chi connectivity index (χ0n) is 11.5. The summed E-state index contributed by atoms with van der Waals surface area (Å²) in [5.41, 5.74) is 0.937. The number of oxazole rings is 1. The summed E-state index contributed by atoms with van der Waals surface area (Å²) in [6.07, 6.45) is -1.29. The number of halogens is 3. The van der Waals surface area contributed by atoms with Gasteiger partial charge in [-0.2, -0.15) is 13.2 Å². The molecule has 1 aromatic carbocycles. The van der Waals surface area contributed by atoms with Crippen LogP contribution in [0.5, 0.6) is 0 Å². The predicted octanol–water partition coefficient (Wildman–Crippen LogP) is 3.69. The molecule has 1 aromatic heterocycles. The molecule has 118 valence electrons. The lowest BCUT2D eigenvalue weighted by Gasteiger charge is -2.14. The number of rotatable bonds is 6. The van der Waals surface area contributed by atoms with Crippen molar-refractivity contribution in [3.63, 3.8) is 0 Å². The minimum Gasteiger partial charge on any atom is -0.459 e. The molecular formula is C15H14F3NO3. The maximum Gasteiger partial charge on any atom is 0.490 e. The number of aromatic nitrogens is 1. The maximum atomic E-state index is 12.0. The molecule has 0 aliphatic carbocycles. The van der Waals surface area contributed by atoms with Gasteiger partial charge in [-0.15, -0.1) is 0 Å². The van der Waals surface area contributed by atoms with Gasteiger partial charge in [-0.05, 0) is 18.4 Å². The van der Waals surface area contributed by atoms with Crippen LogP contribution in [0.15, 0.2) is 47.2 Å². The first kappa shape index (κ1) is 16.1. The summed E-state index contributed by atoms with van der Waals surface area (Å²) in [5, 5.41) is 0. The molecule has 1 unspecified atom stereocenters. The number of hydrogen-bond donors (Lipinski definition) is 0. The van der Waals surface area contributed by atoms with E-state index in [0.29, 0.717) is 12.3 Å². The third kappa shape index (κ3) is 4.34. The van der Waals surface area contributed by atoms with E-state index in [4.69, 9.17) is 4.42 Å². The van der Waals surface area contributed by atoms with Crippen molar-refractivity contribution in [2.45, 2.75) is 24.9 Å². The van der Waals surface area contributed by atoms with Crippen LogP contribution in [-0.4, -0.2) is 23.7 Å². The van der Waals surface area contributed by atoms with E-state index in [1.807, 2.05) is 30.3 Å². The summed E-state index contributed by atoms with van der Waals surface area (Å²) in [7, 11) is 0. The second-order valence-electron chi connectivity index (χ2n) is 4.61. The van der Waals surface area contributed by atoms with Crippen LogP contribution in [0.4, 0.5) is 13.2 Å². The zero-order valence-corrected chi connectivity index (χ0v) is 11.5. The number of alkyl halides is 3. The van der Waals surface area contributed by atoms with E-state index in [-0.39, 0.29) is 18.9 Å². The van der Waals surface area contributed by atoms with Crippen molar-refractivity contribution < 1.29 is 27.1 Å². The number of nitrogens with zero attached hydrogens (tertiary/aromatic N) is 1. The number of esters is 1. The van der Waals surface area contributed by atoms with Gasteiger partial charge < -0.3 is 9.15 Å². The number of carbonyl (C=O) groups is 1. The van der Waals surface area contributed by atoms with Gasteiger partial charge in [0.2, 0.25) is 5.89 Å². The number of carbonyl (C=O) groups excluding carboxylic acids is 1. The molecule has 0 bridgehead atoms. The van der Waals surface area contributed by atoms with Crippen LogP contribution in [-0.2, 0) is 9.53 Å². The molecule has 1 heterocycles. The topological polar surface area (TPSA) is 52.3 Å². The summed E-state index contributed by atoms with van der Waals surface area (Å²) >= 11 is 0.